The van der Waals surface area contributed by atoms with Crippen molar-refractivity contribution in [2.24, 2.45) is 5.92 Å². The van der Waals surface area contributed by atoms with E-state index < -0.39 is 0 Å². The highest BCUT2D eigenvalue weighted by atomic mass is 16.5. The van der Waals surface area contributed by atoms with E-state index in [4.69, 9.17) is 4.74 Å². The van der Waals surface area contributed by atoms with Crippen molar-refractivity contribution in [2.45, 2.75) is 26.4 Å². The van der Waals surface area contributed by atoms with E-state index in [-0.39, 0.29) is 24.4 Å². The fourth-order valence-corrected chi connectivity index (χ4v) is 1.30. The highest BCUT2D eigenvalue weighted by molar-refractivity contribution is 5.82. The van der Waals surface area contributed by atoms with Crippen molar-refractivity contribution < 1.29 is 9.53 Å². The lowest BCUT2D eigenvalue weighted by Gasteiger charge is -2.09. The quantitative estimate of drug-likeness (QED) is 0.672. The molecule has 0 bridgehead atoms. The van der Waals surface area contributed by atoms with Gasteiger partial charge in [-0.15, -0.1) is 0 Å². The maximum absolute atomic E-state index is 11.4. The molecule has 0 radical (unpaired) electrons. The molecule has 1 atom stereocenters. The van der Waals surface area contributed by atoms with Crippen molar-refractivity contribution in [3.63, 3.8) is 0 Å². The van der Waals surface area contributed by atoms with Gasteiger partial charge >= 0.3 is 0 Å². The number of carbonyl (C=O) groups is 1. The molecule has 3 heteroatoms. The first kappa shape index (κ1) is 9.68. The topological polar surface area (TPSA) is 38.3 Å². The third-order valence-corrected chi connectivity index (χ3v) is 2.07. The van der Waals surface area contributed by atoms with Crippen molar-refractivity contribution in [3.05, 3.63) is 0 Å². The van der Waals surface area contributed by atoms with Crippen LogP contribution < -0.4 is 5.32 Å². The average Bonchev–Trinajstić information content (AvgIpc) is 2.51. The largest absolute Gasteiger partial charge is 0.371 e. The molecule has 0 spiro atoms. The number of Topliss-reactive ketones (excluding diaryl/α,β-unsaturated/α-hetero) is 1. The fraction of sp³-hybridized carbons (Fsp3) is 0.889. The second kappa shape index (κ2) is 4.58. The minimum Gasteiger partial charge on any atom is -0.371 e. The number of ether oxygens (including phenoxy) is 1. The van der Waals surface area contributed by atoms with Crippen molar-refractivity contribution in [3.8, 4) is 0 Å². The fourth-order valence-electron chi connectivity index (χ4n) is 1.30. The summed E-state index contributed by atoms with van der Waals surface area (Å²) in [7, 11) is 0. The van der Waals surface area contributed by atoms with Crippen LogP contribution in [0.25, 0.3) is 0 Å². The molecule has 1 unspecified atom stereocenters. The van der Waals surface area contributed by atoms with Crippen LogP contribution in [0.1, 0.15) is 20.3 Å². The van der Waals surface area contributed by atoms with Gasteiger partial charge in [-0.05, 0) is 26.8 Å². The Hall–Kier alpha value is -0.410. The van der Waals surface area contributed by atoms with Crippen molar-refractivity contribution in [2.75, 3.05) is 19.7 Å². The van der Waals surface area contributed by atoms with E-state index in [1.54, 1.807) is 0 Å². The van der Waals surface area contributed by atoms with Gasteiger partial charge in [-0.2, -0.15) is 0 Å². The van der Waals surface area contributed by atoms with Gasteiger partial charge in [0.25, 0.3) is 0 Å². The molecule has 1 heterocycles. The maximum Gasteiger partial charge on any atom is 0.162 e. The molecule has 0 aromatic heterocycles. The zero-order chi connectivity index (χ0) is 8.97. The Labute approximate surface area is 73.5 Å². The Morgan fingerprint density at radius 3 is 2.92 bits per heavy atom. The number of carbonyl (C=O) groups excluding carboxylic acids is 1. The molecule has 3 nitrogen and oxygen atoms in total. The molecule has 0 aromatic rings. The van der Waals surface area contributed by atoms with Crippen LogP contribution in [-0.2, 0) is 9.53 Å². The molecule has 1 aliphatic heterocycles. The number of nitrogens with one attached hydrogen (secondary N) is 1. The average molecular weight is 171 g/mol. The van der Waals surface area contributed by atoms with Gasteiger partial charge in [-0.1, -0.05) is 0 Å². The molecule has 1 N–H and O–H groups in total. The van der Waals surface area contributed by atoms with Gasteiger partial charge in [0.05, 0.1) is 6.10 Å². The first-order chi connectivity index (χ1) is 5.70. The Bertz CT molecular complexity index is 151. The van der Waals surface area contributed by atoms with Crippen LogP contribution in [0.4, 0.5) is 0 Å². The third-order valence-electron chi connectivity index (χ3n) is 2.07. The maximum atomic E-state index is 11.4. The minimum absolute atomic E-state index is 0.156. The normalized spacial score (nSPS) is 23.4. The summed E-state index contributed by atoms with van der Waals surface area (Å²) < 4.78 is 5.24. The molecule has 12 heavy (non-hydrogen) atoms. The number of hydrogen-bond acceptors (Lipinski definition) is 3. The highest BCUT2D eigenvalue weighted by Gasteiger charge is 2.22. The van der Waals surface area contributed by atoms with Crippen LogP contribution >= 0.6 is 0 Å². The molecule has 0 aromatic carbocycles. The molecule has 1 aliphatic rings. The predicted molar refractivity (Wildman–Crippen MR) is 47.1 cm³/mol. The Morgan fingerprint density at radius 1 is 1.67 bits per heavy atom. The van der Waals surface area contributed by atoms with Crippen LogP contribution in [0.3, 0.4) is 0 Å². The first-order valence-electron chi connectivity index (χ1n) is 4.55. The van der Waals surface area contributed by atoms with Crippen LogP contribution in [0, 0.1) is 5.92 Å². The third kappa shape index (κ3) is 2.91. The van der Waals surface area contributed by atoms with Gasteiger partial charge in [0.2, 0.25) is 0 Å². The summed E-state index contributed by atoms with van der Waals surface area (Å²) in [6.45, 7) is 5.97. The van der Waals surface area contributed by atoms with Gasteiger partial charge in [0.1, 0.15) is 6.61 Å². The Morgan fingerprint density at radius 2 is 2.42 bits per heavy atom. The zero-order valence-electron chi connectivity index (χ0n) is 7.80. The van der Waals surface area contributed by atoms with Crippen LogP contribution in [0.2, 0.25) is 0 Å². The predicted octanol–water partition coefficient (Wildman–Crippen LogP) is 0.590. The summed E-state index contributed by atoms with van der Waals surface area (Å²) >= 11 is 0. The summed E-state index contributed by atoms with van der Waals surface area (Å²) in [5, 5.41) is 3.16. The van der Waals surface area contributed by atoms with Crippen molar-refractivity contribution in [1.29, 1.82) is 0 Å². The van der Waals surface area contributed by atoms with Crippen LogP contribution in [-0.4, -0.2) is 31.6 Å². The minimum atomic E-state index is 0.156. The number of hydrogen-bond donors (Lipinski definition) is 1. The first-order valence-corrected chi connectivity index (χ1v) is 4.55. The molecule has 1 saturated heterocycles. The van der Waals surface area contributed by atoms with Crippen molar-refractivity contribution >= 4 is 5.78 Å². The molecular formula is C9H17NO2. The standard InChI is InChI=1S/C9H17NO2/c1-7(2)12-6-9(11)8-3-4-10-5-8/h7-8,10H,3-6H2,1-2H3. The molecule has 1 rings (SSSR count). The molecule has 1 fully saturated rings. The summed E-state index contributed by atoms with van der Waals surface area (Å²) in [5.41, 5.74) is 0. The Kier molecular flexibility index (Phi) is 3.69. The molecule has 0 saturated carbocycles. The highest BCUT2D eigenvalue weighted by Crippen LogP contribution is 2.09. The summed E-state index contributed by atoms with van der Waals surface area (Å²) in [5.74, 6) is 0.442. The lowest BCUT2D eigenvalue weighted by molar-refractivity contribution is -0.128. The summed E-state index contributed by atoms with van der Waals surface area (Å²) in [4.78, 5) is 11.4. The van der Waals surface area contributed by atoms with E-state index in [9.17, 15) is 4.79 Å². The van der Waals surface area contributed by atoms with E-state index in [2.05, 4.69) is 5.32 Å². The van der Waals surface area contributed by atoms with Gasteiger partial charge in [-0.25, -0.2) is 0 Å². The van der Waals surface area contributed by atoms with Crippen LogP contribution in [0.15, 0.2) is 0 Å². The monoisotopic (exact) mass is 171 g/mol. The second-order valence-corrected chi connectivity index (χ2v) is 3.52. The lowest BCUT2D eigenvalue weighted by atomic mass is 10.0. The molecule has 70 valence electrons. The van der Waals surface area contributed by atoms with Gasteiger partial charge in [0.15, 0.2) is 5.78 Å². The van der Waals surface area contributed by atoms with Gasteiger partial charge < -0.3 is 10.1 Å². The van der Waals surface area contributed by atoms with E-state index in [0.29, 0.717) is 0 Å². The lowest BCUT2D eigenvalue weighted by Crippen LogP contribution is -2.23. The van der Waals surface area contributed by atoms with E-state index >= 15 is 0 Å². The van der Waals surface area contributed by atoms with E-state index in [1.165, 1.54) is 0 Å². The SMILES string of the molecule is CC(C)OCC(=O)C1CCNC1. The van der Waals surface area contributed by atoms with E-state index in [1.807, 2.05) is 13.8 Å². The van der Waals surface area contributed by atoms with Crippen LogP contribution in [0.5, 0.6) is 0 Å². The van der Waals surface area contributed by atoms with Gasteiger partial charge in [-0.3, -0.25) is 4.79 Å². The molecular weight excluding hydrogens is 154 g/mol. The second-order valence-electron chi connectivity index (χ2n) is 3.52. The van der Waals surface area contributed by atoms with Crippen molar-refractivity contribution in [1.82, 2.24) is 5.32 Å². The smallest absolute Gasteiger partial charge is 0.162 e. The Balaban J connectivity index is 2.18. The summed E-state index contributed by atoms with van der Waals surface area (Å²) in [6.07, 6.45) is 1.13. The van der Waals surface area contributed by atoms with Gasteiger partial charge in [0, 0.05) is 12.5 Å². The van der Waals surface area contributed by atoms with E-state index in [0.717, 1.165) is 19.5 Å². The number of ketones is 1. The number of rotatable bonds is 4. The zero-order valence-corrected chi connectivity index (χ0v) is 7.80. The molecule has 0 aliphatic carbocycles. The summed E-state index contributed by atoms with van der Waals surface area (Å²) in [6, 6.07) is 0. The molecule has 0 amide bonds.